The van der Waals surface area contributed by atoms with E-state index in [2.05, 4.69) is 36.0 Å². The molecule has 6 nitrogen and oxygen atoms in total. The maximum atomic E-state index is 12.9. The quantitative estimate of drug-likeness (QED) is 0.894. The van der Waals surface area contributed by atoms with Crippen molar-refractivity contribution in [2.24, 2.45) is 0 Å². The molecule has 1 fully saturated rings. The highest BCUT2D eigenvalue weighted by Gasteiger charge is 2.25. The van der Waals surface area contributed by atoms with Crippen LogP contribution in [0, 0.1) is 6.92 Å². The number of hydrogen-bond donors (Lipinski definition) is 1. The zero-order valence-electron chi connectivity index (χ0n) is 15.0. The topological polar surface area (TPSA) is 61.6 Å². The minimum absolute atomic E-state index is 0.0545. The number of carbonyl (C=O) groups excluding carboxylic acids is 1. The molecule has 0 atom stereocenters. The van der Waals surface area contributed by atoms with E-state index >= 15 is 0 Å². The maximum absolute atomic E-state index is 12.9. The molecule has 1 N–H and O–H groups in total. The Balaban J connectivity index is 1.79. The second-order valence-electron chi connectivity index (χ2n) is 6.46. The van der Waals surface area contributed by atoms with Gasteiger partial charge in [0.1, 0.15) is 0 Å². The van der Waals surface area contributed by atoms with Gasteiger partial charge in [0.15, 0.2) is 0 Å². The number of aliphatic hydroxyl groups is 1. The van der Waals surface area contributed by atoms with E-state index in [0.717, 1.165) is 30.9 Å². The van der Waals surface area contributed by atoms with Crippen LogP contribution >= 0.6 is 0 Å². The molecular formula is C19H26N4O2. The SMILES string of the molecule is CCc1c(C(=O)N2CCN(CCO)CC2)cnn1-c1ccc(C)cc1. The lowest BCUT2D eigenvalue weighted by molar-refractivity contribution is 0.0614. The summed E-state index contributed by atoms with van der Waals surface area (Å²) < 4.78 is 1.87. The summed E-state index contributed by atoms with van der Waals surface area (Å²) >= 11 is 0. The van der Waals surface area contributed by atoms with Crippen molar-refractivity contribution in [3.63, 3.8) is 0 Å². The van der Waals surface area contributed by atoms with Crippen LogP contribution in [0.1, 0.15) is 28.5 Å². The molecule has 2 heterocycles. The van der Waals surface area contributed by atoms with Crippen molar-refractivity contribution in [2.75, 3.05) is 39.3 Å². The molecule has 1 aliphatic heterocycles. The number of hydrogen-bond acceptors (Lipinski definition) is 4. The molecular weight excluding hydrogens is 316 g/mol. The number of carbonyl (C=O) groups is 1. The number of rotatable bonds is 5. The van der Waals surface area contributed by atoms with Gasteiger partial charge in [0.2, 0.25) is 0 Å². The van der Waals surface area contributed by atoms with E-state index in [4.69, 9.17) is 5.11 Å². The van der Waals surface area contributed by atoms with Gasteiger partial charge in [0.05, 0.1) is 29.7 Å². The number of piperazine rings is 1. The van der Waals surface area contributed by atoms with Gasteiger partial charge in [-0.3, -0.25) is 9.69 Å². The number of amides is 1. The first-order chi connectivity index (χ1) is 12.1. The van der Waals surface area contributed by atoms with E-state index in [1.165, 1.54) is 5.56 Å². The van der Waals surface area contributed by atoms with Crippen molar-refractivity contribution < 1.29 is 9.90 Å². The molecule has 1 aromatic carbocycles. The summed E-state index contributed by atoms with van der Waals surface area (Å²) in [6, 6.07) is 8.17. The van der Waals surface area contributed by atoms with Crippen molar-refractivity contribution in [1.82, 2.24) is 19.6 Å². The minimum Gasteiger partial charge on any atom is -0.395 e. The molecule has 0 saturated carbocycles. The lowest BCUT2D eigenvalue weighted by atomic mass is 10.1. The summed E-state index contributed by atoms with van der Waals surface area (Å²) in [5.41, 5.74) is 3.82. The van der Waals surface area contributed by atoms with Crippen LogP contribution in [-0.4, -0.2) is 69.9 Å². The fourth-order valence-electron chi connectivity index (χ4n) is 3.29. The van der Waals surface area contributed by atoms with E-state index < -0.39 is 0 Å². The fourth-order valence-corrected chi connectivity index (χ4v) is 3.29. The van der Waals surface area contributed by atoms with Crippen LogP contribution in [0.25, 0.3) is 5.69 Å². The number of benzene rings is 1. The standard InChI is InChI=1S/C19H26N4O2/c1-3-18-17(14-20-23(18)16-6-4-15(2)5-7-16)19(25)22-10-8-21(9-11-22)12-13-24/h4-7,14,24H,3,8-13H2,1-2H3. The number of nitrogens with zero attached hydrogens (tertiary/aromatic N) is 4. The smallest absolute Gasteiger partial charge is 0.257 e. The average Bonchev–Trinajstić information content (AvgIpc) is 3.06. The van der Waals surface area contributed by atoms with Gasteiger partial charge in [-0.15, -0.1) is 0 Å². The van der Waals surface area contributed by atoms with Crippen LogP contribution in [0.4, 0.5) is 0 Å². The van der Waals surface area contributed by atoms with Crippen LogP contribution in [0.15, 0.2) is 30.5 Å². The third kappa shape index (κ3) is 3.75. The van der Waals surface area contributed by atoms with E-state index in [0.29, 0.717) is 25.2 Å². The van der Waals surface area contributed by atoms with E-state index in [9.17, 15) is 4.79 Å². The number of β-amino-alcohol motifs (C(OH)–C–C–N with tert-alkyl or cyclic N) is 1. The Morgan fingerprint density at radius 3 is 2.44 bits per heavy atom. The molecule has 0 unspecified atom stereocenters. The van der Waals surface area contributed by atoms with Gasteiger partial charge in [-0.05, 0) is 25.5 Å². The second kappa shape index (κ2) is 7.80. The van der Waals surface area contributed by atoms with Gasteiger partial charge < -0.3 is 10.0 Å². The first-order valence-corrected chi connectivity index (χ1v) is 8.90. The first kappa shape index (κ1) is 17.6. The molecule has 1 aromatic heterocycles. The van der Waals surface area contributed by atoms with Gasteiger partial charge in [0.25, 0.3) is 5.91 Å². The van der Waals surface area contributed by atoms with Gasteiger partial charge >= 0.3 is 0 Å². The summed E-state index contributed by atoms with van der Waals surface area (Å²) in [5, 5.41) is 13.5. The number of aromatic nitrogens is 2. The average molecular weight is 342 g/mol. The van der Waals surface area contributed by atoms with Crippen molar-refractivity contribution in [2.45, 2.75) is 20.3 Å². The third-order valence-electron chi connectivity index (χ3n) is 4.79. The molecule has 6 heteroatoms. The highest BCUT2D eigenvalue weighted by atomic mass is 16.3. The predicted octanol–water partition coefficient (Wildman–Crippen LogP) is 1.49. The molecule has 25 heavy (non-hydrogen) atoms. The molecule has 1 saturated heterocycles. The highest BCUT2D eigenvalue weighted by Crippen LogP contribution is 2.19. The monoisotopic (exact) mass is 342 g/mol. The number of aryl methyl sites for hydroxylation is 1. The van der Waals surface area contributed by atoms with Crippen molar-refractivity contribution in [3.05, 3.63) is 47.3 Å². The van der Waals surface area contributed by atoms with Crippen LogP contribution in [0.3, 0.4) is 0 Å². The van der Waals surface area contributed by atoms with Crippen LogP contribution in [0.5, 0.6) is 0 Å². The Bertz CT molecular complexity index is 716. The summed E-state index contributed by atoms with van der Waals surface area (Å²) in [4.78, 5) is 17.0. The van der Waals surface area contributed by atoms with Crippen LogP contribution in [0.2, 0.25) is 0 Å². The Labute approximate surface area is 148 Å². The summed E-state index contributed by atoms with van der Waals surface area (Å²) in [5.74, 6) is 0.0545. The summed E-state index contributed by atoms with van der Waals surface area (Å²) in [7, 11) is 0. The Kier molecular flexibility index (Phi) is 5.50. The Morgan fingerprint density at radius 1 is 1.16 bits per heavy atom. The lowest BCUT2D eigenvalue weighted by Gasteiger charge is -2.34. The van der Waals surface area contributed by atoms with E-state index in [1.807, 2.05) is 21.7 Å². The summed E-state index contributed by atoms with van der Waals surface area (Å²) in [6.45, 7) is 7.94. The van der Waals surface area contributed by atoms with Gasteiger partial charge in [0, 0.05) is 32.7 Å². The van der Waals surface area contributed by atoms with Gasteiger partial charge in [-0.25, -0.2) is 4.68 Å². The zero-order valence-corrected chi connectivity index (χ0v) is 15.0. The molecule has 2 aromatic rings. The molecule has 0 spiro atoms. The van der Waals surface area contributed by atoms with Gasteiger partial charge in [-0.2, -0.15) is 5.10 Å². The molecule has 0 bridgehead atoms. The van der Waals surface area contributed by atoms with E-state index in [-0.39, 0.29) is 12.5 Å². The molecule has 1 aliphatic rings. The molecule has 0 radical (unpaired) electrons. The Hall–Kier alpha value is -2.18. The second-order valence-corrected chi connectivity index (χ2v) is 6.46. The molecule has 0 aliphatic carbocycles. The fraction of sp³-hybridized carbons (Fsp3) is 0.474. The minimum atomic E-state index is 0.0545. The highest BCUT2D eigenvalue weighted by molar-refractivity contribution is 5.95. The van der Waals surface area contributed by atoms with Crippen LogP contribution in [-0.2, 0) is 6.42 Å². The Morgan fingerprint density at radius 2 is 1.84 bits per heavy atom. The van der Waals surface area contributed by atoms with Crippen molar-refractivity contribution in [3.8, 4) is 5.69 Å². The number of aliphatic hydroxyl groups excluding tert-OH is 1. The largest absolute Gasteiger partial charge is 0.395 e. The molecule has 1 amide bonds. The first-order valence-electron chi connectivity index (χ1n) is 8.90. The predicted molar refractivity (Wildman–Crippen MR) is 97.1 cm³/mol. The van der Waals surface area contributed by atoms with Crippen molar-refractivity contribution >= 4 is 5.91 Å². The maximum Gasteiger partial charge on any atom is 0.257 e. The van der Waals surface area contributed by atoms with E-state index in [1.54, 1.807) is 6.20 Å². The summed E-state index contributed by atoms with van der Waals surface area (Å²) in [6.07, 6.45) is 2.44. The molecule has 3 rings (SSSR count). The van der Waals surface area contributed by atoms with Gasteiger partial charge in [-0.1, -0.05) is 24.6 Å². The zero-order chi connectivity index (χ0) is 17.8. The normalized spacial score (nSPS) is 15.6. The van der Waals surface area contributed by atoms with Crippen LogP contribution < -0.4 is 0 Å². The third-order valence-corrected chi connectivity index (χ3v) is 4.79. The lowest BCUT2D eigenvalue weighted by Crippen LogP contribution is -2.49. The molecule has 134 valence electrons. The van der Waals surface area contributed by atoms with Crippen molar-refractivity contribution in [1.29, 1.82) is 0 Å².